The van der Waals surface area contributed by atoms with Crippen molar-refractivity contribution in [3.05, 3.63) is 58.5 Å². The molecule has 0 saturated heterocycles. The van der Waals surface area contributed by atoms with E-state index in [0.717, 1.165) is 26.8 Å². The van der Waals surface area contributed by atoms with Gasteiger partial charge in [0.15, 0.2) is 10.1 Å². The highest BCUT2D eigenvalue weighted by molar-refractivity contribution is 8.02. The molecule has 0 aliphatic carbocycles. The van der Waals surface area contributed by atoms with E-state index in [-0.39, 0.29) is 11.0 Å². The van der Waals surface area contributed by atoms with Crippen LogP contribution in [0, 0.1) is 20.8 Å². The summed E-state index contributed by atoms with van der Waals surface area (Å²) in [6.07, 6.45) is 1.64. The maximum Gasteiger partial charge on any atom is 0.206 e. The Hall–Kier alpha value is -2.12. The van der Waals surface area contributed by atoms with Crippen LogP contribution in [0.4, 0.5) is 5.13 Å². The van der Waals surface area contributed by atoms with Gasteiger partial charge in [-0.15, -0.1) is 10.2 Å². The summed E-state index contributed by atoms with van der Waals surface area (Å²) < 4.78 is 6.05. The van der Waals surface area contributed by atoms with E-state index in [0.29, 0.717) is 11.7 Å². The number of thioether (sulfide) groups is 1. The lowest BCUT2D eigenvalue weighted by Gasteiger charge is -2.12. The molecule has 0 radical (unpaired) electrons. The maximum atomic E-state index is 12.8. The Bertz CT molecular complexity index is 904. The number of hydrogen-bond acceptors (Lipinski definition) is 7. The number of anilines is 1. The van der Waals surface area contributed by atoms with Gasteiger partial charge in [0.1, 0.15) is 5.76 Å². The van der Waals surface area contributed by atoms with Crippen molar-refractivity contribution in [3.8, 4) is 0 Å². The summed E-state index contributed by atoms with van der Waals surface area (Å²) in [5, 5.41) is 12.0. The first-order valence-corrected chi connectivity index (χ1v) is 10.0. The van der Waals surface area contributed by atoms with E-state index < -0.39 is 0 Å². The molecule has 1 aromatic carbocycles. The third-order valence-electron chi connectivity index (χ3n) is 4.15. The van der Waals surface area contributed by atoms with Gasteiger partial charge in [0.25, 0.3) is 0 Å². The normalized spacial score (nSPS) is 12.2. The van der Waals surface area contributed by atoms with E-state index in [2.05, 4.69) is 28.5 Å². The molecule has 0 amide bonds. The number of nitrogens with one attached hydrogen (secondary N) is 1. The molecule has 136 valence electrons. The van der Waals surface area contributed by atoms with Crippen LogP contribution >= 0.6 is 23.1 Å². The Labute approximate surface area is 161 Å². The number of nitrogens with zero attached hydrogens (tertiary/aromatic N) is 2. The SMILES string of the molecule is Cc1cc(C)c(C(=O)[C@@H](C)Sc2nnc(NCc3ccco3)s2)cc1C. The van der Waals surface area contributed by atoms with Crippen molar-refractivity contribution in [3.63, 3.8) is 0 Å². The van der Waals surface area contributed by atoms with Crippen LogP contribution in [-0.2, 0) is 6.54 Å². The molecule has 0 aliphatic rings. The summed E-state index contributed by atoms with van der Waals surface area (Å²) in [6, 6.07) is 7.80. The third kappa shape index (κ3) is 4.34. The van der Waals surface area contributed by atoms with Gasteiger partial charge in [-0.2, -0.15) is 0 Å². The quantitative estimate of drug-likeness (QED) is 0.453. The highest BCUT2D eigenvalue weighted by atomic mass is 32.2. The first-order valence-electron chi connectivity index (χ1n) is 8.32. The average molecular weight is 388 g/mol. The maximum absolute atomic E-state index is 12.8. The molecule has 0 bridgehead atoms. The summed E-state index contributed by atoms with van der Waals surface area (Å²) >= 11 is 2.88. The molecule has 1 N–H and O–H groups in total. The van der Waals surface area contributed by atoms with Crippen LogP contribution in [0.1, 0.15) is 39.7 Å². The molecule has 0 unspecified atom stereocenters. The first-order chi connectivity index (χ1) is 12.4. The van der Waals surface area contributed by atoms with Gasteiger partial charge in [-0.3, -0.25) is 4.79 Å². The number of ketones is 1. The fraction of sp³-hybridized carbons (Fsp3) is 0.316. The van der Waals surface area contributed by atoms with Crippen LogP contribution in [-0.4, -0.2) is 21.2 Å². The van der Waals surface area contributed by atoms with Gasteiger partial charge in [0, 0.05) is 5.56 Å². The first kappa shape index (κ1) is 18.7. The second-order valence-corrected chi connectivity index (χ2v) is 8.75. The Balaban J connectivity index is 1.63. The molecular formula is C19H21N3O2S2. The molecule has 5 nitrogen and oxygen atoms in total. The van der Waals surface area contributed by atoms with Crippen LogP contribution in [0.2, 0.25) is 0 Å². The minimum Gasteiger partial charge on any atom is -0.467 e. The van der Waals surface area contributed by atoms with Crippen LogP contribution in [0.3, 0.4) is 0 Å². The van der Waals surface area contributed by atoms with Crippen molar-refractivity contribution in [2.75, 3.05) is 5.32 Å². The lowest BCUT2D eigenvalue weighted by molar-refractivity contribution is 0.0993. The topological polar surface area (TPSA) is 68.0 Å². The van der Waals surface area contributed by atoms with Crippen LogP contribution < -0.4 is 5.32 Å². The number of benzene rings is 1. The predicted molar refractivity (Wildman–Crippen MR) is 106 cm³/mol. The monoisotopic (exact) mass is 387 g/mol. The zero-order valence-electron chi connectivity index (χ0n) is 15.2. The number of aryl methyl sites for hydroxylation is 3. The summed E-state index contributed by atoms with van der Waals surface area (Å²) in [6.45, 7) is 8.55. The number of hydrogen-bond donors (Lipinski definition) is 1. The minimum absolute atomic E-state index is 0.121. The zero-order valence-corrected chi connectivity index (χ0v) is 16.8. The van der Waals surface area contributed by atoms with Gasteiger partial charge in [-0.25, -0.2) is 0 Å². The van der Waals surface area contributed by atoms with E-state index in [9.17, 15) is 4.79 Å². The molecule has 0 fully saturated rings. The molecule has 3 rings (SSSR count). The number of aromatic nitrogens is 2. The lowest BCUT2D eigenvalue weighted by Crippen LogP contribution is -2.15. The molecule has 0 aliphatic heterocycles. The van der Waals surface area contributed by atoms with Gasteiger partial charge >= 0.3 is 0 Å². The van der Waals surface area contributed by atoms with Crippen LogP contribution in [0.15, 0.2) is 39.3 Å². The molecule has 7 heteroatoms. The van der Waals surface area contributed by atoms with Gasteiger partial charge < -0.3 is 9.73 Å². The van der Waals surface area contributed by atoms with Crippen molar-refractivity contribution < 1.29 is 9.21 Å². The highest BCUT2D eigenvalue weighted by Crippen LogP contribution is 2.31. The lowest BCUT2D eigenvalue weighted by atomic mass is 9.97. The van der Waals surface area contributed by atoms with Gasteiger partial charge in [0.05, 0.1) is 18.1 Å². The number of furan rings is 1. The molecular weight excluding hydrogens is 366 g/mol. The number of carbonyl (C=O) groups excluding carboxylic acids is 1. The van der Waals surface area contributed by atoms with E-state index >= 15 is 0 Å². The summed E-state index contributed by atoms with van der Waals surface area (Å²) in [7, 11) is 0. The second-order valence-electron chi connectivity index (χ2n) is 6.18. The van der Waals surface area contributed by atoms with Crippen LogP contribution in [0.5, 0.6) is 0 Å². The van der Waals surface area contributed by atoms with Crippen LogP contribution in [0.25, 0.3) is 0 Å². The smallest absolute Gasteiger partial charge is 0.206 e. The molecule has 3 aromatic rings. The highest BCUT2D eigenvalue weighted by Gasteiger charge is 2.21. The third-order valence-corrected chi connectivity index (χ3v) is 6.22. The molecule has 1 atom stereocenters. The summed E-state index contributed by atoms with van der Waals surface area (Å²) in [5.41, 5.74) is 4.14. The molecule has 2 aromatic heterocycles. The summed E-state index contributed by atoms with van der Waals surface area (Å²) in [4.78, 5) is 12.8. The molecule has 0 saturated carbocycles. The Kier molecular flexibility index (Phi) is 5.78. The average Bonchev–Trinajstić information content (AvgIpc) is 3.27. The fourth-order valence-corrected chi connectivity index (χ4v) is 4.51. The second kappa shape index (κ2) is 8.05. The van der Waals surface area contributed by atoms with Gasteiger partial charge in [0.2, 0.25) is 5.13 Å². The largest absolute Gasteiger partial charge is 0.467 e. The predicted octanol–water partition coefficient (Wildman–Crippen LogP) is 5.03. The van der Waals surface area contributed by atoms with Crippen molar-refractivity contribution >= 4 is 34.0 Å². The Morgan fingerprint density at radius 2 is 2.00 bits per heavy atom. The van der Waals surface area contributed by atoms with Crippen molar-refractivity contribution in [1.82, 2.24) is 10.2 Å². The van der Waals surface area contributed by atoms with E-state index in [1.807, 2.05) is 39.0 Å². The van der Waals surface area contributed by atoms with Crippen molar-refractivity contribution in [2.24, 2.45) is 0 Å². The zero-order chi connectivity index (χ0) is 18.7. The minimum atomic E-state index is -0.221. The Morgan fingerprint density at radius 3 is 2.73 bits per heavy atom. The van der Waals surface area contributed by atoms with E-state index in [1.54, 1.807) is 6.26 Å². The number of Topliss-reactive ketones (excluding diaryl/α,β-unsaturated/α-hetero) is 1. The molecule has 26 heavy (non-hydrogen) atoms. The standard InChI is InChI=1S/C19H21N3O2S2/c1-11-8-13(3)16(9-12(11)2)17(23)14(4)25-19-22-21-18(26-19)20-10-15-6-5-7-24-15/h5-9,14H,10H2,1-4H3,(H,20,21)/t14-/m1/s1. The van der Waals surface area contributed by atoms with Gasteiger partial charge in [-0.05, 0) is 62.6 Å². The summed E-state index contributed by atoms with van der Waals surface area (Å²) in [5.74, 6) is 0.957. The van der Waals surface area contributed by atoms with E-state index in [4.69, 9.17) is 4.42 Å². The fourth-order valence-electron chi connectivity index (χ4n) is 2.55. The van der Waals surface area contributed by atoms with Crippen molar-refractivity contribution in [1.29, 1.82) is 0 Å². The van der Waals surface area contributed by atoms with Gasteiger partial charge in [-0.1, -0.05) is 29.2 Å². The number of rotatable bonds is 7. The van der Waals surface area contributed by atoms with Crippen molar-refractivity contribution in [2.45, 2.75) is 43.8 Å². The van der Waals surface area contributed by atoms with E-state index in [1.165, 1.54) is 28.7 Å². The Morgan fingerprint density at radius 1 is 1.23 bits per heavy atom. The molecule has 0 spiro atoms. The number of carbonyl (C=O) groups is 1. The molecule has 2 heterocycles.